The molecule has 0 N–H and O–H groups in total. The van der Waals surface area contributed by atoms with Crippen molar-refractivity contribution in [3.8, 4) is 0 Å². The Balaban J connectivity index is 2.88. The Bertz CT molecular complexity index is 626. The molecule has 0 aliphatic rings. The first kappa shape index (κ1) is 11.1. The Morgan fingerprint density at radius 3 is 2.44 bits per heavy atom. The minimum atomic E-state index is -3.34. The van der Waals surface area contributed by atoms with E-state index >= 15 is 0 Å². The molecule has 0 unspecified atom stereocenters. The van der Waals surface area contributed by atoms with Gasteiger partial charge in [0.1, 0.15) is 0 Å². The molecule has 0 fully saturated rings. The first-order valence-electron chi connectivity index (χ1n) is 5.09. The number of hydrogen-bond acceptors (Lipinski definition) is 3. The van der Waals surface area contributed by atoms with Crippen LogP contribution in [0.4, 0.5) is 0 Å². The highest BCUT2D eigenvalue weighted by molar-refractivity contribution is 7.89. The number of fused-ring (bicyclic) bond motifs is 1. The van der Waals surface area contributed by atoms with Crippen molar-refractivity contribution in [2.24, 2.45) is 0 Å². The third-order valence-corrected chi connectivity index (χ3v) is 3.35. The predicted octanol–water partition coefficient (Wildman–Crippen LogP) is 1.97. The molecule has 0 radical (unpaired) electrons. The summed E-state index contributed by atoms with van der Waals surface area (Å²) in [5.74, 6) is 0.202. The van der Waals surface area contributed by atoms with Gasteiger partial charge in [0.05, 0.1) is 17.5 Å². The van der Waals surface area contributed by atoms with Crippen molar-refractivity contribution >= 4 is 20.9 Å². The van der Waals surface area contributed by atoms with Crippen LogP contribution in [-0.2, 0) is 10.0 Å². The summed E-state index contributed by atoms with van der Waals surface area (Å²) < 4.78 is 24.3. The van der Waals surface area contributed by atoms with E-state index in [1.807, 2.05) is 32.0 Å². The summed E-state index contributed by atoms with van der Waals surface area (Å²) in [6.07, 6.45) is 1.16. The molecule has 86 valence electrons. The first-order chi connectivity index (χ1) is 7.41. The summed E-state index contributed by atoms with van der Waals surface area (Å²) in [7, 11) is -3.34. The quantitative estimate of drug-likeness (QED) is 0.803. The van der Waals surface area contributed by atoms with Crippen molar-refractivity contribution in [2.45, 2.75) is 19.8 Å². The fraction of sp³-hybridized carbons (Fsp3) is 0.364. The average Bonchev–Trinajstić information content (AvgIpc) is 2.56. The molecule has 0 spiro atoms. The maximum Gasteiger partial charge on any atom is 0.251 e. The molecule has 1 heterocycles. The average molecular weight is 238 g/mol. The molecule has 0 aliphatic carbocycles. The van der Waals surface area contributed by atoms with Gasteiger partial charge in [-0.05, 0) is 12.0 Å². The number of nitrogens with zero attached hydrogens (tertiary/aromatic N) is 2. The third-order valence-electron chi connectivity index (χ3n) is 2.45. The molecule has 4 nitrogen and oxygen atoms in total. The zero-order valence-corrected chi connectivity index (χ0v) is 10.3. The smallest absolute Gasteiger partial charge is 0.205 e. The molecule has 5 heteroatoms. The van der Waals surface area contributed by atoms with E-state index in [1.54, 1.807) is 6.07 Å². The van der Waals surface area contributed by atoms with E-state index in [2.05, 4.69) is 5.10 Å². The Morgan fingerprint density at radius 1 is 1.25 bits per heavy atom. The van der Waals surface area contributed by atoms with Crippen molar-refractivity contribution in [1.29, 1.82) is 0 Å². The van der Waals surface area contributed by atoms with Gasteiger partial charge in [-0.1, -0.05) is 32.0 Å². The molecular weight excluding hydrogens is 224 g/mol. The molecule has 0 bridgehead atoms. The van der Waals surface area contributed by atoms with Gasteiger partial charge in [-0.25, -0.2) is 8.42 Å². The zero-order chi connectivity index (χ0) is 11.9. The van der Waals surface area contributed by atoms with Gasteiger partial charge < -0.3 is 0 Å². The van der Waals surface area contributed by atoms with Crippen molar-refractivity contribution in [3.63, 3.8) is 0 Å². The summed E-state index contributed by atoms with van der Waals surface area (Å²) in [6, 6.07) is 7.38. The molecule has 2 rings (SSSR count). The van der Waals surface area contributed by atoms with Crippen LogP contribution in [0.5, 0.6) is 0 Å². The Hall–Kier alpha value is -1.36. The topological polar surface area (TPSA) is 52.0 Å². The van der Waals surface area contributed by atoms with Gasteiger partial charge in [0.15, 0.2) is 0 Å². The van der Waals surface area contributed by atoms with Crippen molar-refractivity contribution in [2.75, 3.05) is 6.26 Å². The number of hydrogen-bond donors (Lipinski definition) is 0. The van der Waals surface area contributed by atoms with E-state index in [0.717, 1.165) is 21.4 Å². The standard InChI is InChI=1S/C11H14N2O2S/c1-8(2)11-9-6-4-5-7-10(9)13(12-11)16(3,14)15/h4-8H,1-3H3. The molecule has 0 aliphatic heterocycles. The van der Waals surface area contributed by atoms with Gasteiger partial charge in [0.2, 0.25) is 0 Å². The zero-order valence-electron chi connectivity index (χ0n) is 9.51. The summed E-state index contributed by atoms with van der Waals surface area (Å²) in [4.78, 5) is 0. The summed E-state index contributed by atoms with van der Waals surface area (Å²) in [6.45, 7) is 4.00. The third kappa shape index (κ3) is 1.71. The highest BCUT2D eigenvalue weighted by Gasteiger charge is 2.17. The second-order valence-corrected chi connectivity index (χ2v) is 5.97. The van der Waals surface area contributed by atoms with Crippen LogP contribution in [0, 0.1) is 0 Å². The van der Waals surface area contributed by atoms with Crippen LogP contribution in [0.15, 0.2) is 24.3 Å². The first-order valence-corrected chi connectivity index (χ1v) is 6.94. The lowest BCUT2D eigenvalue weighted by Crippen LogP contribution is -2.11. The molecule has 1 aromatic heterocycles. The molecule has 0 saturated carbocycles. The molecule has 16 heavy (non-hydrogen) atoms. The van der Waals surface area contributed by atoms with Gasteiger partial charge >= 0.3 is 0 Å². The predicted molar refractivity (Wildman–Crippen MR) is 64.1 cm³/mol. The lowest BCUT2D eigenvalue weighted by Gasteiger charge is -1.99. The van der Waals surface area contributed by atoms with Crippen LogP contribution in [0.2, 0.25) is 0 Å². The van der Waals surface area contributed by atoms with E-state index < -0.39 is 10.0 Å². The van der Waals surface area contributed by atoms with Crippen molar-refractivity contribution in [3.05, 3.63) is 30.0 Å². The molecular formula is C11H14N2O2S. The maximum atomic E-state index is 11.6. The van der Waals surface area contributed by atoms with Crippen LogP contribution in [0.1, 0.15) is 25.5 Å². The molecule has 1 aromatic carbocycles. The number of rotatable bonds is 2. The van der Waals surface area contributed by atoms with E-state index in [0.29, 0.717) is 5.52 Å². The van der Waals surface area contributed by atoms with Gasteiger partial charge in [0, 0.05) is 5.39 Å². The van der Waals surface area contributed by atoms with Gasteiger partial charge in [-0.3, -0.25) is 0 Å². The molecule has 2 aromatic rings. The van der Waals surface area contributed by atoms with E-state index in [9.17, 15) is 8.42 Å². The van der Waals surface area contributed by atoms with Crippen LogP contribution in [-0.4, -0.2) is 23.9 Å². The SMILES string of the molecule is CC(C)c1nn(S(C)(=O)=O)c2ccccc12. The fourth-order valence-electron chi connectivity index (χ4n) is 1.74. The Morgan fingerprint density at radius 2 is 1.88 bits per heavy atom. The van der Waals surface area contributed by atoms with Crippen LogP contribution in [0.3, 0.4) is 0 Å². The summed E-state index contributed by atoms with van der Waals surface area (Å²) in [5.41, 5.74) is 1.47. The number of benzene rings is 1. The second-order valence-electron chi connectivity index (χ2n) is 4.16. The normalized spacial score (nSPS) is 12.5. The highest BCUT2D eigenvalue weighted by Crippen LogP contribution is 2.25. The van der Waals surface area contributed by atoms with Crippen LogP contribution in [0.25, 0.3) is 10.9 Å². The van der Waals surface area contributed by atoms with E-state index in [1.165, 1.54) is 0 Å². The maximum absolute atomic E-state index is 11.6. The van der Waals surface area contributed by atoms with E-state index in [-0.39, 0.29) is 5.92 Å². The van der Waals surface area contributed by atoms with Gasteiger partial charge in [-0.2, -0.15) is 9.19 Å². The van der Waals surface area contributed by atoms with Crippen LogP contribution < -0.4 is 0 Å². The van der Waals surface area contributed by atoms with Crippen molar-refractivity contribution in [1.82, 2.24) is 9.19 Å². The van der Waals surface area contributed by atoms with Crippen LogP contribution >= 0.6 is 0 Å². The minimum Gasteiger partial charge on any atom is -0.205 e. The molecule has 0 atom stereocenters. The second kappa shape index (κ2) is 3.59. The van der Waals surface area contributed by atoms with Gasteiger partial charge in [0.25, 0.3) is 10.0 Å². The lowest BCUT2D eigenvalue weighted by molar-refractivity contribution is 0.587. The monoisotopic (exact) mass is 238 g/mol. The van der Waals surface area contributed by atoms with Gasteiger partial charge in [-0.15, -0.1) is 0 Å². The molecule has 0 saturated heterocycles. The summed E-state index contributed by atoms with van der Waals surface area (Å²) >= 11 is 0. The Labute approximate surface area is 94.9 Å². The van der Waals surface area contributed by atoms with E-state index in [4.69, 9.17) is 0 Å². The minimum absolute atomic E-state index is 0.202. The molecule has 0 amide bonds. The fourth-order valence-corrected chi connectivity index (χ4v) is 2.49. The van der Waals surface area contributed by atoms with Crippen molar-refractivity contribution < 1.29 is 8.42 Å². The Kier molecular flexibility index (Phi) is 2.50. The summed E-state index contributed by atoms with van der Waals surface area (Å²) in [5, 5.41) is 5.09. The number of aromatic nitrogens is 2. The number of para-hydroxylation sites is 1. The highest BCUT2D eigenvalue weighted by atomic mass is 32.2. The lowest BCUT2D eigenvalue weighted by atomic mass is 10.1. The largest absolute Gasteiger partial charge is 0.251 e.